The van der Waals surface area contributed by atoms with Crippen molar-refractivity contribution in [2.45, 2.75) is 26.7 Å². The quantitative estimate of drug-likeness (QED) is 0.448. The van der Waals surface area contributed by atoms with Crippen LogP contribution in [-0.4, -0.2) is 38.0 Å². The summed E-state index contributed by atoms with van der Waals surface area (Å²) in [6.45, 7) is 0. The summed E-state index contributed by atoms with van der Waals surface area (Å²) in [6, 6.07) is 19.4. The summed E-state index contributed by atoms with van der Waals surface area (Å²) < 4.78 is 53.8. The van der Waals surface area contributed by atoms with E-state index >= 15 is 0 Å². The van der Waals surface area contributed by atoms with Crippen LogP contribution in [0, 0.1) is 0 Å². The zero-order valence-corrected chi connectivity index (χ0v) is 18.8. The molecular formula is C23H19N3O5S2. The minimum atomic E-state index is -4.31. The van der Waals surface area contributed by atoms with E-state index in [-0.39, 0.29) is 21.8 Å². The molecule has 4 aromatic rings. The number of H-pyrrole nitrogens is 1. The van der Waals surface area contributed by atoms with Crippen LogP contribution >= 0.6 is 0 Å². The van der Waals surface area contributed by atoms with Gasteiger partial charge in [-0.15, -0.1) is 0 Å². The van der Waals surface area contributed by atoms with E-state index in [2.05, 4.69) is 9.97 Å². The summed E-state index contributed by atoms with van der Waals surface area (Å²) in [5.74, 6) is -0.661. The molecule has 33 heavy (non-hydrogen) atoms. The molecule has 1 aliphatic rings. The van der Waals surface area contributed by atoms with Crippen LogP contribution < -0.4 is 5.73 Å². The fraction of sp³-hybridized carbons (Fsp3) is 0.130. The Balaban J connectivity index is 1.73. The van der Waals surface area contributed by atoms with Crippen LogP contribution in [0.15, 0.2) is 82.6 Å². The van der Waals surface area contributed by atoms with E-state index in [1.165, 1.54) is 36.4 Å². The number of amides is 1. The van der Waals surface area contributed by atoms with Gasteiger partial charge in [-0.3, -0.25) is 4.79 Å². The number of sulfone groups is 2. The highest BCUT2D eigenvalue weighted by Gasteiger charge is 2.55. The number of aromatic nitrogens is 2. The molecule has 2 unspecified atom stereocenters. The summed E-state index contributed by atoms with van der Waals surface area (Å²) in [4.78, 5) is 19.7. The zero-order valence-electron chi connectivity index (χ0n) is 17.2. The molecule has 3 N–H and O–H groups in total. The number of nitrogens with two attached hydrogens (primary N) is 1. The van der Waals surface area contributed by atoms with Crippen LogP contribution in [0.3, 0.4) is 0 Å². The third kappa shape index (κ3) is 3.33. The first-order chi connectivity index (χ1) is 15.7. The monoisotopic (exact) mass is 481 g/mol. The molecule has 1 aromatic heterocycles. The number of primary amides is 1. The topological polar surface area (TPSA) is 140 Å². The largest absolute Gasteiger partial charge is 0.368 e. The summed E-state index contributed by atoms with van der Waals surface area (Å²) in [6.07, 6.45) is 0.152. The number of hydrogen-bond donors (Lipinski definition) is 2. The number of para-hydroxylation sites is 2. The van der Waals surface area contributed by atoms with Crippen molar-refractivity contribution in [3.05, 3.63) is 89.7 Å². The molecule has 3 aromatic carbocycles. The molecular weight excluding hydrogens is 462 g/mol. The molecule has 5 rings (SSSR count). The first kappa shape index (κ1) is 21.4. The summed E-state index contributed by atoms with van der Waals surface area (Å²) in [5.41, 5.74) is 7.53. The van der Waals surface area contributed by atoms with Crippen molar-refractivity contribution in [3.63, 3.8) is 0 Å². The van der Waals surface area contributed by atoms with E-state index in [0.29, 0.717) is 11.4 Å². The fourth-order valence-corrected chi connectivity index (χ4v) is 9.12. The first-order valence-electron chi connectivity index (χ1n) is 10.1. The second kappa shape index (κ2) is 7.53. The smallest absolute Gasteiger partial charge is 0.237 e. The van der Waals surface area contributed by atoms with Crippen LogP contribution in [0.4, 0.5) is 0 Å². The zero-order chi connectivity index (χ0) is 23.4. The number of fused-ring (bicyclic) bond motifs is 2. The maximum Gasteiger partial charge on any atom is 0.237 e. The third-order valence-corrected chi connectivity index (χ3v) is 10.3. The van der Waals surface area contributed by atoms with Crippen LogP contribution in [-0.2, 0) is 30.9 Å². The van der Waals surface area contributed by atoms with Crippen LogP contribution in [0.2, 0.25) is 0 Å². The Kier molecular flexibility index (Phi) is 4.87. The third-order valence-electron chi connectivity index (χ3n) is 5.84. The van der Waals surface area contributed by atoms with Gasteiger partial charge in [0, 0.05) is 6.42 Å². The van der Waals surface area contributed by atoms with Crippen molar-refractivity contribution in [1.29, 1.82) is 0 Å². The van der Waals surface area contributed by atoms with E-state index in [1.807, 2.05) is 24.3 Å². The molecule has 2 heterocycles. The van der Waals surface area contributed by atoms with Gasteiger partial charge in [0.1, 0.15) is 11.1 Å². The predicted molar refractivity (Wildman–Crippen MR) is 122 cm³/mol. The molecule has 2 atom stereocenters. The van der Waals surface area contributed by atoms with Crippen molar-refractivity contribution in [2.75, 3.05) is 0 Å². The highest BCUT2D eigenvalue weighted by Crippen LogP contribution is 2.47. The number of carbonyl (C=O) groups excluding carboxylic acids is 1. The number of rotatable bonds is 5. The SMILES string of the molecule is NC(=O)C1C(S(=O)(=O)c2ccccc2)c2c(Cc3nc4ccccc4[nH]3)cccc2S1(=O)=O. The molecule has 0 aliphatic carbocycles. The average molecular weight is 482 g/mol. The summed E-state index contributed by atoms with van der Waals surface area (Å²) >= 11 is 0. The molecule has 0 spiro atoms. The minimum absolute atomic E-state index is 0.0746. The molecule has 8 nitrogen and oxygen atoms in total. The van der Waals surface area contributed by atoms with Gasteiger partial charge >= 0.3 is 0 Å². The van der Waals surface area contributed by atoms with Crippen molar-refractivity contribution >= 4 is 36.6 Å². The lowest BCUT2D eigenvalue weighted by Gasteiger charge is -2.19. The van der Waals surface area contributed by atoms with Crippen LogP contribution in [0.25, 0.3) is 11.0 Å². The van der Waals surface area contributed by atoms with Gasteiger partial charge in [-0.25, -0.2) is 21.8 Å². The maximum absolute atomic E-state index is 13.6. The Morgan fingerprint density at radius 1 is 0.970 bits per heavy atom. The van der Waals surface area contributed by atoms with Crippen LogP contribution in [0.1, 0.15) is 22.2 Å². The normalized spacial score (nSPS) is 19.4. The second-order valence-corrected chi connectivity index (χ2v) is 12.0. The average Bonchev–Trinajstić information content (AvgIpc) is 3.30. The number of hydrogen-bond acceptors (Lipinski definition) is 6. The van der Waals surface area contributed by atoms with E-state index in [4.69, 9.17) is 5.73 Å². The van der Waals surface area contributed by atoms with Crippen molar-refractivity contribution in [2.24, 2.45) is 5.73 Å². The number of benzene rings is 3. The van der Waals surface area contributed by atoms with Crippen molar-refractivity contribution in [1.82, 2.24) is 9.97 Å². The van der Waals surface area contributed by atoms with Gasteiger partial charge in [0.15, 0.2) is 24.9 Å². The minimum Gasteiger partial charge on any atom is -0.368 e. The lowest BCUT2D eigenvalue weighted by atomic mass is 9.99. The van der Waals surface area contributed by atoms with Gasteiger partial charge in [0.05, 0.1) is 20.8 Å². The second-order valence-electron chi connectivity index (χ2n) is 7.85. The number of nitrogens with one attached hydrogen (secondary N) is 1. The Morgan fingerprint density at radius 2 is 1.67 bits per heavy atom. The molecule has 0 bridgehead atoms. The van der Waals surface area contributed by atoms with Gasteiger partial charge in [-0.1, -0.05) is 42.5 Å². The Hall–Kier alpha value is -3.50. The molecule has 0 fully saturated rings. The fourth-order valence-electron chi connectivity index (χ4n) is 4.41. The molecule has 1 aliphatic heterocycles. The van der Waals surface area contributed by atoms with E-state index in [9.17, 15) is 21.6 Å². The van der Waals surface area contributed by atoms with Crippen molar-refractivity contribution in [3.8, 4) is 0 Å². The number of imidazole rings is 1. The lowest BCUT2D eigenvalue weighted by molar-refractivity contribution is -0.117. The molecule has 0 saturated heterocycles. The van der Waals surface area contributed by atoms with Gasteiger partial charge in [0.25, 0.3) is 0 Å². The van der Waals surface area contributed by atoms with E-state index < -0.39 is 36.1 Å². The Labute approximate surface area is 190 Å². The van der Waals surface area contributed by atoms with E-state index in [0.717, 1.165) is 11.0 Å². The predicted octanol–water partition coefficient (Wildman–Crippen LogP) is 2.31. The van der Waals surface area contributed by atoms with Crippen molar-refractivity contribution < 1.29 is 21.6 Å². The first-order valence-corrected chi connectivity index (χ1v) is 13.2. The number of nitrogens with zero attached hydrogens (tertiary/aromatic N) is 1. The Bertz CT molecular complexity index is 1580. The number of aromatic amines is 1. The highest BCUT2D eigenvalue weighted by molar-refractivity contribution is 7.97. The molecule has 0 radical (unpaired) electrons. The molecule has 0 saturated carbocycles. The Morgan fingerprint density at radius 3 is 2.36 bits per heavy atom. The molecule has 10 heteroatoms. The van der Waals surface area contributed by atoms with E-state index in [1.54, 1.807) is 12.1 Å². The molecule has 168 valence electrons. The standard InChI is InChI=1S/C23H19N3O5S2/c24-23(27)22-21(32(28,29)15-8-2-1-3-9-15)20-14(7-6-12-18(20)33(22,30)31)13-19-25-16-10-4-5-11-17(16)26-19/h1-12,21-22H,13H2,(H2,24,27)(H,25,26). The van der Waals surface area contributed by atoms with Crippen LogP contribution in [0.5, 0.6) is 0 Å². The number of carbonyl (C=O) groups is 1. The molecule has 1 amide bonds. The van der Waals surface area contributed by atoms with Gasteiger partial charge in [-0.2, -0.15) is 0 Å². The maximum atomic E-state index is 13.6. The summed E-state index contributed by atoms with van der Waals surface area (Å²) in [7, 11) is -8.58. The highest BCUT2D eigenvalue weighted by atomic mass is 32.2. The van der Waals surface area contributed by atoms with Gasteiger partial charge < -0.3 is 10.7 Å². The lowest BCUT2D eigenvalue weighted by Crippen LogP contribution is -2.39. The van der Waals surface area contributed by atoms with Gasteiger partial charge in [0.2, 0.25) is 5.91 Å². The summed E-state index contributed by atoms with van der Waals surface area (Å²) in [5, 5.41) is -3.58. The van der Waals surface area contributed by atoms with Gasteiger partial charge in [-0.05, 0) is 41.5 Å².